The third kappa shape index (κ3) is 10.8. The number of aryl methyl sites for hydroxylation is 1. The highest BCUT2D eigenvalue weighted by molar-refractivity contribution is 9.10. The maximum absolute atomic E-state index is 13.2. The second kappa shape index (κ2) is 20.1. The Labute approximate surface area is 368 Å². The lowest BCUT2D eigenvalue weighted by molar-refractivity contribution is -0.137. The molecule has 6 aromatic carbocycles. The third-order valence-corrected chi connectivity index (χ3v) is 10.7. The van der Waals surface area contributed by atoms with Gasteiger partial charge in [-0.3, -0.25) is 18.7 Å². The molecular formula is C48H41BBrF3N2O8. The van der Waals surface area contributed by atoms with Crippen LogP contribution in [0.3, 0.4) is 0 Å². The summed E-state index contributed by atoms with van der Waals surface area (Å²) in [5.74, 6) is 1.37. The molecule has 0 amide bonds. The number of aromatic nitrogens is 2. The van der Waals surface area contributed by atoms with E-state index in [9.17, 15) is 33.0 Å². The van der Waals surface area contributed by atoms with Gasteiger partial charge in [0.25, 0.3) is 11.1 Å². The van der Waals surface area contributed by atoms with Crippen molar-refractivity contribution >= 4 is 50.1 Å². The molecule has 0 atom stereocenters. The van der Waals surface area contributed by atoms with Gasteiger partial charge in [0.1, 0.15) is 11.5 Å². The number of aliphatic hydroxyl groups is 2. The Morgan fingerprint density at radius 1 is 0.603 bits per heavy atom. The van der Waals surface area contributed by atoms with Crippen LogP contribution in [0.25, 0.3) is 44.0 Å². The van der Waals surface area contributed by atoms with Gasteiger partial charge in [-0.1, -0.05) is 54.1 Å². The first-order valence-corrected chi connectivity index (χ1v) is 20.1. The van der Waals surface area contributed by atoms with Crippen molar-refractivity contribution in [3.05, 3.63) is 193 Å². The Balaban J connectivity index is 0.000000178. The SMILES string of the molecule is COc1ccc(-n2cc(-c3ccc(C(F)(F)F)cc3)c3cc(CO)ccc3c2=O)cc1.COc1ccc(-n2cc(Br)c3cc(CO)ccc3c2=O)cc1.Cc1ccc(B(O)O)cc1. The van der Waals surface area contributed by atoms with E-state index in [1.54, 1.807) is 97.9 Å². The molecule has 0 aliphatic heterocycles. The molecule has 0 saturated carbocycles. The van der Waals surface area contributed by atoms with E-state index in [1.807, 2.05) is 49.4 Å². The van der Waals surface area contributed by atoms with Crippen molar-refractivity contribution in [2.24, 2.45) is 0 Å². The Hall–Kier alpha value is -6.49. The zero-order chi connectivity index (χ0) is 45.4. The fraction of sp³-hybridized carbons (Fsp3) is 0.125. The molecule has 0 aliphatic carbocycles. The number of rotatable bonds is 8. The summed E-state index contributed by atoms with van der Waals surface area (Å²) < 4.78 is 53.1. The third-order valence-electron chi connectivity index (χ3n) is 10.1. The van der Waals surface area contributed by atoms with Gasteiger partial charge in [-0.05, 0) is 135 Å². The molecule has 2 aromatic heterocycles. The summed E-state index contributed by atoms with van der Waals surface area (Å²) in [4.78, 5) is 25.9. The lowest BCUT2D eigenvalue weighted by Crippen LogP contribution is -2.29. The summed E-state index contributed by atoms with van der Waals surface area (Å²) in [5.41, 5.74) is 4.34. The number of fused-ring (bicyclic) bond motifs is 2. The molecule has 8 rings (SSSR count). The van der Waals surface area contributed by atoms with Gasteiger partial charge >= 0.3 is 13.3 Å². The summed E-state index contributed by atoms with van der Waals surface area (Å²) in [6.45, 7) is 1.68. The monoisotopic (exact) mass is 920 g/mol. The van der Waals surface area contributed by atoms with Crippen molar-refractivity contribution in [3.8, 4) is 34.0 Å². The van der Waals surface area contributed by atoms with Gasteiger partial charge < -0.3 is 29.7 Å². The molecule has 0 radical (unpaired) electrons. The largest absolute Gasteiger partial charge is 0.497 e. The fourth-order valence-corrected chi connectivity index (χ4v) is 7.14. The lowest BCUT2D eigenvalue weighted by Gasteiger charge is -2.15. The van der Waals surface area contributed by atoms with Crippen molar-refractivity contribution < 1.29 is 42.9 Å². The Morgan fingerprint density at radius 2 is 1.06 bits per heavy atom. The Bertz CT molecular complexity index is 2960. The van der Waals surface area contributed by atoms with Crippen LogP contribution < -0.4 is 26.1 Å². The standard InChI is InChI=1S/C24H18F3NO3.C17H14BrNO3.C7H9BO2/c1-31-19-9-7-18(8-10-19)28-13-22(16-3-5-17(6-4-16)24(25,26)27)21-12-15(14-29)2-11-20(21)23(28)30;1-22-13-5-3-12(4-6-13)19-9-16(18)15-8-11(10-20)2-7-14(15)17(19)21;1-6-2-4-7(5-3-6)8(9)10/h2-13,29H,14H2,1H3;2-9,20H,10H2,1H3;2-5,9-10H,1H3. The number of hydrogen-bond acceptors (Lipinski definition) is 8. The molecule has 10 nitrogen and oxygen atoms in total. The average molecular weight is 922 g/mol. The highest BCUT2D eigenvalue weighted by Crippen LogP contribution is 2.34. The minimum atomic E-state index is -4.44. The highest BCUT2D eigenvalue weighted by atomic mass is 79.9. The molecule has 0 unspecified atom stereocenters. The summed E-state index contributed by atoms with van der Waals surface area (Å²) in [6, 6.07) is 36.3. The topological polar surface area (TPSA) is 143 Å². The van der Waals surface area contributed by atoms with Crippen LogP contribution in [-0.4, -0.2) is 50.7 Å². The number of alkyl halides is 3. The first kappa shape index (κ1) is 46.0. The quantitative estimate of drug-likeness (QED) is 0.112. The molecule has 0 fully saturated rings. The first-order chi connectivity index (χ1) is 30.1. The van der Waals surface area contributed by atoms with Gasteiger partial charge in [0.05, 0.1) is 33.0 Å². The Morgan fingerprint density at radius 3 is 1.51 bits per heavy atom. The molecule has 2 heterocycles. The summed E-state index contributed by atoms with van der Waals surface area (Å²) >= 11 is 3.50. The highest BCUT2D eigenvalue weighted by Gasteiger charge is 2.30. The first-order valence-electron chi connectivity index (χ1n) is 19.3. The minimum absolute atomic E-state index is 0.0516. The van der Waals surface area contributed by atoms with Gasteiger partial charge in [0.15, 0.2) is 0 Å². The van der Waals surface area contributed by atoms with Crippen LogP contribution in [0.5, 0.6) is 11.5 Å². The number of hydrogen-bond donors (Lipinski definition) is 4. The van der Waals surface area contributed by atoms with E-state index in [4.69, 9.17) is 19.5 Å². The van der Waals surface area contributed by atoms with Crippen LogP contribution >= 0.6 is 15.9 Å². The number of pyridine rings is 2. The van der Waals surface area contributed by atoms with E-state index >= 15 is 0 Å². The molecule has 0 aliphatic rings. The molecule has 4 N–H and O–H groups in total. The van der Waals surface area contributed by atoms with E-state index in [2.05, 4.69) is 15.9 Å². The minimum Gasteiger partial charge on any atom is -0.497 e. The molecular weight excluding hydrogens is 880 g/mol. The molecule has 0 bridgehead atoms. The van der Waals surface area contributed by atoms with E-state index in [-0.39, 0.29) is 24.3 Å². The van der Waals surface area contributed by atoms with Crippen LogP contribution in [0, 0.1) is 6.92 Å². The van der Waals surface area contributed by atoms with Crippen molar-refractivity contribution in [3.63, 3.8) is 0 Å². The van der Waals surface area contributed by atoms with Gasteiger partial charge in [-0.15, -0.1) is 0 Å². The van der Waals surface area contributed by atoms with Crippen LogP contribution in [0.2, 0.25) is 0 Å². The molecule has 0 saturated heterocycles. The van der Waals surface area contributed by atoms with Crippen molar-refractivity contribution in [2.45, 2.75) is 26.3 Å². The smallest absolute Gasteiger partial charge is 0.488 e. The number of methoxy groups -OCH3 is 2. The van der Waals surface area contributed by atoms with Crippen molar-refractivity contribution in [1.29, 1.82) is 0 Å². The van der Waals surface area contributed by atoms with Crippen LogP contribution in [0.1, 0.15) is 22.3 Å². The molecule has 63 heavy (non-hydrogen) atoms. The number of benzene rings is 6. The summed E-state index contributed by atoms with van der Waals surface area (Å²) in [5, 5.41) is 38.4. The maximum Gasteiger partial charge on any atom is 0.488 e. The summed E-state index contributed by atoms with van der Waals surface area (Å²) in [7, 11) is 1.80. The zero-order valence-corrected chi connectivity index (χ0v) is 35.8. The van der Waals surface area contributed by atoms with E-state index in [1.165, 1.54) is 16.7 Å². The Kier molecular flexibility index (Phi) is 14.7. The van der Waals surface area contributed by atoms with Crippen LogP contribution in [0.15, 0.2) is 160 Å². The molecule has 322 valence electrons. The van der Waals surface area contributed by atoms with Crippen molar-refractivity contribution in [2.75, 3.05) is 14.2 Å². The summed E-state index contributed by atoms with van der Waals surface area (Å²) in [6.07, 6.45) is -1.09. The molecule has 15 heteroatoms. The average Bonchev–Trinajstić information content (AvgIpc) is 3.30. The van der Waals surface area contributed by atoms with E-state index < -0.39 is 18.9 Å². The number of aliphatic hydroxyl groups excluding tert-OH is 2. The fourth-order valence-electron chi connectivity index (χ4n) is 6.61. The predicted octanol–water partition coefficient (Wildman–Crippen LogP) is 8.11. The van der Waals surface area contributed by atoms with E-state index in [0.29, 0.717) is 49.7 Å². The van der Waals surface area contributed by atoms with Crippen molar-refractivity contribution in [1.82, 2.24) is 9.13 Å². The van der Waals surface area contributed by atoms with Gasteiger partial charge in [0.2, 0.25) is 0 Å². The van der Waals surface area contributed by atoms with E-state index in [0.717, 1.165) is 44.6 Å². The maximum atomic E-state index is 13.2. The van der Waals surface area contributed by atoms with Crippen LogP contribution in [0.4, 0.5) is 13.2 Å². The van der Waals surface area contributed by atoms with Gasteiger partial charge in [-0.25, -0.2) is 0 Å². The molecule has 0 spiro atoms. The number of ether oxygens (including phenoxy) is 2. The van der Waals surface area contributed by atoms with Gasteiger partial charge in [0, 0.05) is 50.0 Å². The number of nitrogens with zero attached hydrogens (tertiary/aromatic N) is 2. The molecule has 8 aromatic rings. The number of halogens is 4. The van der Waals surface area contributed by atoms with Crippen LogP contribution in [-0.2, 0) is 19.4 Å². The zero-order valence-electron chi connectivity index (χ0n) is 34.2. The predicted molar refractivity (Wildman–Crippen MR) is 243 cm³/mol. The second-order valence-corrected chi connectivity index (χ2v) is 15.1. The van der Waals surface area contributed by atoms with Gasteiger partial charge in [-0.2, -0.15) is 13.2 Å². The second-order valence-electron chi connectivity index (χ2n) is 14.2. The lowest BCUT2D eigenvalue weighted by atomic mass is 9.80. The normalized spacial score (nSPS) is 11.0.